The molecule has 1 aliphatic rings. The van der Waals surface area contributed by atoms with E-state index in [2.05, 4.69) is 0 Å². The van der Waals surface area contributed by atoms with Crippen molar-refractivity contribution in [1.82, 2.24) is 0 Å². The summed E-state index contributed by atoms with van der Waals surface area (Å²) >= 11 is 0. The van der Waals surface area contributed by atoms with Crippen molar-refractivity contribution < 1.29 is 19.0 Å². The average molecular weight is 236 g/mol. The Kier molecular flexibility index (Phi) is 4.12. The van der Waals surface area contributed by atoms with E-state index >= 15 is 0 Å². The first-order valence-corrected chi connectivity index (χ1v) is 5.76. The minimum absolute atomic E-state index is 0.146. The smallest absolute Gasteiger partial charge is 0.338 e. The molecule has 1 heterocycles. The van der Waals surface area contributed by atoms with E-state index in [1.54, 1.807) is 12.1 Å². The summed E-state index contributed by atoms with van der Waals surface area (Å²) in [6.07, 6.45) is -0.449. The van der Waals surface area contributed by atoms with Crippen LogP contribution in [0.2, 0.25) is 0 Å². The molecular formula is C13H16O4. The Bertz CT molecular complexity index is 363. The Hall–Kier alpha value is -1.39. The quantitative estimate of drug-likeness (QED) is 0.746. The maximum Gasteiger partial charge on any atom is 0.338 e. The standard InChI is InChI=1S/C13H16O4/c1-2-16-11-8-15-9-12(11)17-13(14)10-6-4-3-5-7-10/h3-7,11-12H,2,8-9H2,1H3/t11-,12?/m0/s1. The first kappa shape index (κ1) is 12.1. The van der Waals surface area contributed by atoms with Crippen LogP contribution in [0.5, 0.6) is 0 Å². The lowest BCUT2D eigenvalue weighted by Crippen LogP contribution is -2.32. The number of ether oxygens (including phenoxy) is 3. The van der Waals surface area contributed by atoms with Crippen molar-refractivity contribution in [2.75, 3.05) is 19.8 Å². The molecule has 1 aromatic carbocycles. The van der Waals surface area contributed by atoms with E-state index in [1.165, 1.54) is 0 Å². The molecule has 0 N–H and O–H groups in total. The largest absolute Gasteiger partial charge is 0.453 e. The van der Waals surface area contributed by atoms with Gasteiger partial charge in [0.05, 0.1) is 18.8 Å². The second-order valence-electron chi connectivity index (χ2n) is 3.84. The van der Waals surface area contributed by atoms with Crippen LogP contribution in [0.4, 0.5) is 0 Å². The number of hydrogen-bond acceptors (Lipinski definition) is 4. The van der Waals surface area contributed by atoms with Gasteiger partial charge in [-0.05, 0) is 19.1 Å². The zero-order valence-corrected chi connectivity index (χ0v) is 9.80. The Labute approximate surface area is 100 Å². The molecular weight excluding hydrogens is 220 g/mol. The highest BCUT2D eigenvalue weighted by molar-refractivity contribution is 5.89. The fourth-order valence-electron chi connectivity index (χ4n) is 1.77. The summed E-state index contributed by atoms with van der Waals surface area (Å²) in [6, 6.07) is 8.93. The van der Waals surface area contributed by atoms with Crippen LogP contribution in [-0.2, 0) is 14.2 Å². The van der Waals surface area contributed by atoms with Crippen LogP contribution in [0.15, 0.2) is 30.3 Å². The molecule has 0 saturated carbocycles. The Morgan fingerprint density at radius 2 is 2.00 bits per heavy atom. The summed E-state index contributed by atoms with van der Waals surface area (Å²) in [5.41, 5.74) is 0.551. The van der Waals surface area contributed by atoms with Gasteiger partial charge in [-0.2, -0.15) is 0 Å². The molecule has 0 bridgehead atoms. The fraction of sp³-hybridized carbons (Fsp3) is 0.462. The van der Waals surface area contributed by atoms with Crippen LogP contribution in [0.1, 0.15) is 17.3 Å². The predicted molar refractivity (Wildman–Crippen MR) is 61.9 cm³/mol. The molecule has 0 amide bonds. The SMILES string of the molecule is CCO[C@H]1COCC1OC(=O)c1ccccc1. The highest BCUT2D eigenvalue weighted by atomic mass is 16.6. The molecule has 1 aromatic rings. The maximum atomic E-state index is 11.8. The second-order valence-corrected chi connectivity index (χ2v) is 3.84. The van der Waals surface area contributed by atoms with Gasteiger partial charge in [0, 0.05) is 6.61 Å². The summed E-state index contributed by atoms with van der Waals surface area (Å²) in [7, 11) is 0. The van der Waals surface area contributed by atoms with Gasteiger partial charge in [-0.15, -0.1) is 0 Å². The van der Waals surface area contributed by atoms with Gasteiger partial charge in [0.1, 0.15) is 6.10 Å². The summed E-state index contributed by atoms with van der Waals surface area (Å²) in [4.78, 5) is 11.8. The van der Waals surface area contributed by atoms with Gasteiger partial charge in [-0.3, -0.25) is 0 Å². The van der Waals surface area contributed by atoms with Crippen molar-refractivity contribution in [3.8, 4) is 0 Å². The van der Waals surface area contributed by atoms with Crippen molar-refractivity contribution in [1.29, 1.82) is 0 Å². The van der Waals surface area contributed by atoms with Gasteiger partial charge < -0.3 is 14.2 Å². The summed E-state index contributed by atoms with van der Waals surface area (Å²) in [6.45, 7) is 3.39. The highest BCUT2D eigenvalue weighted by Gasteiger charge is 2.32. The van der Waals surface area contributed by atoms with Crippen LogP contribution in [0.3, 0.4) is 0 Å². The number of rotatable bonds is 4. The van der Waals surface area contributed by atoms with E-state index in [-0.39, 0.29) is 18.2 Å². The zero-order valence-electron chi connectivity index (χ0n) is 9.80. The minimum Gasteiger partial charge on any atom is -0.453 e. The predicted octanol–water partition coefficient (Wildman–Crippen LogP) is 1.65. The zero-order chi connectivity index (χ0) is 12.1. The van der Waals surface area contributed by atoms with E-state index in [4.69, 9.17) is 14.2 Å². The van der Waals surface area contributed by atoms with Gasteiger partial charge in [0.25, 0.3) is 0 Å². The lowest BCUT2D eigenvalue weighted by Gasteiger charge is -2.17. The van der Waals surface area contributed by atoms with E-state index in [9.17, 15) is 4.79 Å². The molecule has 2 atom stereocenters. The van der Waals surface area contributed by atoms with Crippen LogP contribution >= 0.6 is 0 Å². The van der Waals surface area contributed by atoms with Crippen molar-refractivity contribution in [3.05, 3.63) is 35.9 Å². The summed E-state index contributed by atoms with van der Waals surface area (Å²) in [5, 5.41) is 0. The van der Waals surface area contributed by atoms with E-state index in [0.29, 0.717) is 25.4 Å². The molecule has 0 spiro atoms. The third-order valence-electron chi connectivity index (χ3n) is 2.63. The topological polar surface area (TPSA) is 44.8 Å². The van der Waals surface area contributed by atoms with Crippen molar-refractivity contribution in [2.24, 2.45) is 0 Å². The number of carbonyl (C=O) groups excluding carboxylic acids is 1. The van der Waals surface area contributed by atoms with E-state index in [0.717, 1.165) is 0 Å². The molecule has 4 heteroatoms. The van der Waals surface area contributed by atoms with Crippen molar-refractivity contribution in [2.45, 2.75) is 19.1 Å². The molecule has 0 aliphatic carbocycles. The van der Waals surface area contributed by atoms with Crippen LogP contribution < -0.4 is 0 Å². The molecule has 0 radical (unpaired) electrons. The first-order valence-electron chi connectivity index (χ1n) is 5.76. The molecule has 4 nitrogen and oxygen atoms in total. The summed E-state index contributed by atoms with van der Waals surface area (Å²) < 4.78 is 16.1. The highest BCUT2D eigenvalue weighted by Crippen LogP contribution is 2.15. The van der Waals surface area contributed by atoms with Gasteiger partial charge in [-0.1, -0.05) is 18.2 Å². The van der Waals surface area contributed by atoms with E-state index in [1.807, 2.05) is 25.1 Å². The van der Waals surface area contributed by atoms with Gasteiger partial charge in [0.15, 0.2) is 6.10 Å². The van der Waals surface area contributed by atoms with Crippen LogP contribution in [-0.4, -0.2) is 38.0 Å². The Morgan fingerprint density at radius 1 is 1.29 bits per heavy atom. The Morgan fingerprint density at radius 3 is 2.71 bits per heavy atom. The molecule has 1 aliphatic heterocycles. The molecule has 1 saturated heterocycles. The van der Waals surface area contributed by atoms with Gasteiger partial charge in [-0.25, -0.2) is 4.79 Å². The average Bonchev–Trinajstić information content (AvgIpc) is 2.78. The monoisotopic (exact) mass is 236 g/mol. The number of carbonyl (C=O) groups is 1. The van der Waals surface area contributed by atoms with Crippen molar-refractivity contribution >= 4 is 5.97 Å². The minimum atomic E-state index is -0.328. The van der Waals surface area contributed by atoms with Gasteiger partial charge >= 0.3 is 5.97 Å². The fourth-order valence-corrected chi connectivity index (χ4v) is 1.77. The molecule has 17 heavy (non-hydrogen) atoms. The normalized spacial score (nSPS) is 23.6. The van der Waals surface area contributed by atoms with Crippen LogP contribution in [0, 0.1) is 0 Å². The molecule has 1 fully saturated rings. The van der Waals surface area contributed by atoms with Crippen LogP contribution in [0.25, 0.3) is 0 Å². The maximum absolute atomic E-state index is 11.8. The lowest BCUT2D eigenvalue weighted by atomic mass is 10.2. The van der Waals surface area contributed by atoms with E-state index < -0.39 is 0 Å². The summed E-state index contributed by atoms with van der Waals surface area (Å²) in [5.74, 6) is -0.328. The number of benzene rings is 1. The second kappa shape index (κ2) is 5.80. The van der Waals surface area contributed by atoms with Crippen molar-refractivity contribution in [3.63, 3.8) is 0 Å². The molecule has 92 valence electrons. The molecule has 2 rings (SSSR count). The number of hydrogen-bond donors (Lipinski definition) is 0. The lowest BCUT2D eigenvalue weighted by molar-refractivity contribution is -0.0261. The third-order valence-corrected chi connectivity index (χ3v) is 2.63. The molecule has 0 aromatic heterocycles. The molecule has 1 unspecified atom stereocenters. The van der Waals surface area contributed by atoms with Gasteiger partial charge in [0.2, 0.25) is 0 Å². The number of esters is 1. The third kappa shape index (κ3) is 3.05. The first-order chi connectivity index (χ1) is 8.31. The Balaban J connectivity index is 1.94.